The molecule has 0 aliphatic carbocycles. The third-order valence-electron chi connectivity index (χ3n) is 3.83. The Morgan fingerprint density at radius 1 is 1.15 bits per heavy atom. The van der Waals surface area contributed by atoms with Crippen molar-refractivity contribution >= 4 is 28.5 Å². The Labute approximate surface area is 153 Å². The average molecular weight is 359 g/mol. The molecule has 0 spiro atoms. The first kappa shape index (κ1) is 15.9. The molecule has 0 amide bonds. The number of nitrogens with two attached hydrogens (primary N) is 1. The lowest BCUT2D eigenvalue weighted by atomic mass is 10.1. The first-order valence-corrected chi connectivity index (χ1v) is 8.68. The number of pyridine rings is 1. The second-order valence-corrected chi connectivity index (χ2v) is 6.29. The maximum Gasteiger partial charge on any atom is 0.181 e. The Morgan fingerprint density at radius 2 is 2.00 bits per heavy atom. The Balaban J connectivity index is 1.65. The third kappa shape index (κ3) is 3.01. The Hall–Kier alpha value is -3.63. The van der Waals surface area contributed by atoms with Crippen molar-refractivity contribution in [1.82, 2.24) is 9.97 Å². The minimum absolute atomic E-state index is 0.384. The summed E-state index contributed by atoms with van der Waals surface area (Å²) in [5.41, 5.74) is 10.1. The number of nitrogens with one attached hydrogen (secondary N) is 1. The number of thiophene rings is 1. The van der Waals surface area contributed by atoms with Crippen LogP contribution in [0, 0.1) is 11.3 Å². The maximum atomic E-state index is 9.40. The number of benzene rings is 1. The van der Waals surface area contributed by atoms with E-state index < -0.39 is 0 Å². The molecule has 6 nitrogen and oxygen atoms in total. The van der Waals surface area contributed by atoms with Crippen molar-refractivity contribution < 1.29 is 4.42 Å². The normalized spacial score (nSPS) is 10.4. The number of aromatic nitrogens is 2. The van der Waals surface area contributed by atoms with Gasteiger partial charge >= 0.3 is 0 Å². The van der Waals surface area contributed by atoms with Crippen molar-refractivity contribution in [2.24, 2.45) is 0 Å². The minimum atomic E-state index is 0.384. The van der Waals surface area contributed by atoms with Crippen molar-refractivity contribution in [2.45, 2.75) is 0 Å². The predicted molar refractivity (Wildman–Crippen MR) is 102 cm³/mol. The van der Waals surface area contributed by atoms with Gasteiger partial charge in [-0.05, 0) is 35.7 Å². The van der Waals surface area contributed by atoms with Gasteiger partial charge in [-0.1, -0.05) is 0 Å². The number of hydrogen-bond donors (Lipinski definition) is 2. The number of nitrogens with zero attached hydrogens (tertiary/aromatic N) is 3. The van der Waals surface area contributed by atoms with E-state index in [1.807, 2.05) is 41.1 Å². The van der Waals surface area contributed by atoms with E-state index in [4.69, 9.17) is 10.2 Å². The Kier molecular flexibility index (Phi) is 4.09. The quantitative estimate of drug-likeness (QED) is 0.549. The molecule has 3 aromatic heterocycles. The molecular weight excluding hydrogens is 346 g/mol. The average Bonchev–Trinajstić information content (AvgIpc) is 3.36. The van der Waals surface area contributed by atoms with E-state index in [1.165, 1.54) is 6.39 Å². The van der Waals surface area contributed by atoms with Gasteiger partial charge in [-0.15, -0.1) is 0 Å². The van der Waals surface area contributed by atoms with Crippen LogP contribution in [0.1, 0.15) is 5.56 Å². The zero-order valence-electron chi connectivity index (χ0n) is 13.5. The van der Waals surface area contributed by atoms with Crippen LogP contribution >= 0.6 is 11.3 Å². The molecule has 26 heavy (non-hydrogen) atoms. The Bertz CT molecular complexity index is 1060. The molecule has 126 valence electrons. The van der Waals surface area contributed by atoms with Gasteiger partial charge in [0.1, 0.15) is 17.5 Å². The molecule has 1 aromatic carbocycles. The smallest absolute Gasteiger partial charge is 0.181 e. The molecule has 0 aliphatic rings. The summed E-state index contributed by atoms with van der Waals surface area (Å²) in [6.07, 6.45) is 3.06. The summed E-state index contributed by atoms with van der Waals surface area (Å²) in [7, 11) is 0. The largest absolute Gasteiger partial charge is 0.444 e. The second-order valence-electron chi connectivity index (χ2n) is 5.51. The molecule has 4 aromatic rings. The first-order valence-electron chi connectivity index (χ1n) is 7.74. The highest BCUT2D eigenvalue weighted by Crippen LogP contribution is 2.30. The predicted octanol–water partition coefficient (Wildman–Crippen LogP) is 4.66. The van der Waals surface area contributed by atoms with Crippen LogP contribution in [-0.4, -0.2) is 9.97 Å². The molecule has 0 unspecified atom stereocenters. The molecule has 3 heterocycles. The molecular formula is C19H13N5OS. The van der Waals surface area contributed by atoms with Gasteiger partial charge in [-0.3, -0.25) is 0 Å². The second kappa shape index (κ2) is 6.70. The van der Waals surface area contributed by atoms with Crippen LogP contribution in [0.3, 0.4) is 0 Å². The van der Waals surface area contributed by atoms with Crippen LogP contribution in [0.25, 0.3) is 22.6 Å². The lowest BCUT2D eigenvalue weighted by molar-refractivity contribution is 0.572. The van der Waals surface area contributed by atoms with E-state index in [0.29, 0.717) is 28.5 Å². The molecule has 0 atom stereocenters. The van der Waals surface area contributed by atoms with Gasteiger partial charge in [0.25, 0.3) is 0 Å². The molecule has 0 radical (unpaired) electrons. The fourth-order valence-corrected chi connectivity index (χ4v) is 3.22. The number of oxazole rings is 1. The standard InChI is InChI=1S/C19H13N5OS/c20-8-15-16(21)7-18(24-19(15)13-5-6-26-10-13)23-14-3-1-12(2-4-14)17-9-22-11-25-17/h1-7,9-11H,(H3,21,23,24). The van der Waals surface area contributed by atoms with Crippen molar-refractivity contribution in [1.29, 1.82) is 5.26 Å². The highest BCUT2D eigenvalue weighted by molar-refractivity contribution is 7.08. The molecule has 0 saturated heterocycles. The van der Waals surface area contributed by atoms with E-state index in [1.54, 1.807) is 23.6 Å². The van der Waals surface area contributed by atoms with Crippen molar-refractivity contribution in [3.63, 3.8) is 0 Å². The van der Waals surface area contributed by atoms with Gasteiger partial charge < -0.3 is 15.5 Å². The van der Waals surface area contributed by atoms with E-state index >= 15 is 0 Å². The van der Waals surface area contributed by atoms with Gasteiger partial charge in [-0.2, -0.15) is 16.6 Å². The summed E-state index contributed by atoms with van der Waals surface area (Å²) in [5.74, 6) is 1.28. The minimum Gasteiger partial charge on any atom is -0.444 e. The Morgan fingerprint density at radius 3 is 2.65 bits per heavy atom. The van der Waals surface area contributed by atoms with Crippen LogP contribution in [0.2, 0.25) is 0 Å². The summed E-state index contributed by atoms with van der Waals surface area (Å²) >= 11 is 1.54. The van der Waals surface area contributed by atoms with Gasteiger partial charge in [0.05, 0.1) is 17.6 Å². The van der Waals surface area contributed by atoms with Gasteiger partial charge in [-0.25, -0.2) is 9.97 Å². The summed E-state index contributed by atoms with van der Waals surface area (Å²) in [6.45, 7) is 0. The number of rotatable bonds is 4. The monoisotopic (exact) mass is 359 g/mol. The van der Waals surface area contributed by atoms with Crippen molar-refractivity contribution in [2.75, 3.05) is 11.1 Å². The van der Waals surface area contributed by atoms with Crippen LogP contribution in [0.15, 0.2) is 64.2 Å². The van der Waals surface area contributed by atoms with Crippen molar-refractivity contribution in [3.05, 3.63) is 65.3 Å². The van der Waals surface area contributed by atoms with Crippen LogP contribution in [-0.2, 0) is 0 Å². The van der Waals surface area contributed by atoms with Gasteiger partial charge in [0, 0.05) is 28.3 Å². The lowest BCUT2D eigenvalue weighted by Gasteiger charge is -2.11. The molecule has 7 heteroatoms. The number of hydrogen-bond acceptors (Lipinski definition) is 7. The topological polar surface area (TPSA) is 101 Å². The van der Waals surface area contributed by atoms with Crippen LogP contribution in [0.4, 0.5) is 17.2 Å². The van der Waals surface area contributed by atoms with E-state index in [-0.39, 0.29) is 0 Å². The summed E-state index contributed by atoms with van der Waals surface area (Å²) in [4.78, 5) is 8.50. The number of nitriles is 1. The molecule has 0 bridgehead atoms. The molecule has 0 aliphatic heterocycles. The summed E-state index contributed by atoms with van der Waals surface area (Å²) in [6, 6.07) is 13.4. The van der Waals surface area contributed by atoms with Gasteiger partial charge in [0.15, 0.2) is 12.2 Å². The highest BCUT2D eigenvalue weighted by atomic mass is 32.1. The zero-order valence-corrected chi connectivity index (χ0v) is 14.3. The molecule has 4 rings (SSSR count). The molecule has 0 fully saturated rings. The third-order valence-corrected chi connectivity index (χ3v) is 4.51. The van der Waals surface area contributed by atoms with Gasteiger partial charge in [0.2, 0.25) is 0 Å². The van der Waals surface area contributed by atoms with Crippen LogP contribution in [0.5, 0.6) is 0 Å². The first-order chi connectivity index (χ1) is 12.7. The van der Waals surface area contributed by atoms with E-state index in [9.17, 15) is 5.26 Å². The number of nitrogen functional groups attached to an aromatic ring is 1. The highest BCUT2D eigenvalue weighted by Gasteiger charge is 2.13. The lowest BCUT2D eigenvalue weighted by Crippen LogP contribution is -2.01. The van der Waals surface area contributed by atoms with Crippen molar-refractivity contribution in [3.8, 4) is 28.7 Å². The number of anilines is 3. The molecule has 3 N–H and O–H groups in total. The van der Waals surface area contributed by atoms with E-state index in [2.05, 4.69) is 21.4 Å². The maximum absolute atomic E-state index is 9.40. The summed E-state index contributed by atoms with van der Waals surface area (Å²) in [5, 5.41) is 16.5. The fourth-order valence-electron chi connectivity index (χ4n) is 2.58. The van der Waals surface area contributed by atoms with Crippen LogP contribution < -0.4 is 11.1 Å². The molecule has 0 saturated carbocycles. The summed E-state index contributed by atoms with van der Waals surface area (Å²) < 4.78 is 5.29. The SMILES string of the molecule is N#Cc1c(N)cc(Nc2ccc(-c3cnco3)cc2)nc1-c1ccsc1. The fraction of sp³-hybridized carbons (Fsp3) is 0. The van der Waals surface area contributed by atoms with E-state index in [0.717, 1.165) is 16.8 Å². The zero-order chi connectivity index (χ0) is 17.9.